The Balaban J connectivity index is 2.79. The molecule has 106 valence electrons. The number of hydrogen-bond acceptors (Lipinski definition) is 3. The first-order valence-electron chi connectivity index (χ1n) is 6.58. The quantitative estimate of drug-likeness (QED) is 0.520. The molecule has 0 aliphatic carbocycles. The molecule has 0 aromatic heterocycles. The minimum Gasteiger partial charge on any atom is -0.493 e. The lowest BCUT2D eigenvalue weighted by Gasteiger charge is -2.11. The second-order valence-electron chi connectivity index (χ2n) is 4.42. The average Bonchev–Trinajstić information content (AvgIpc) is 2.42. The molecule has 1 aromatic carbocycles. The number of Topliss-reactive ketones (excluding diaryl/α,β-unsaturated/α-hetero) is 1. The van der Waals surface area contributed by atoms with E-state index in [1.165, 1.54) is 0 Å². The molecule has 0 spiro atoms. The standard InChI is InChI=1S/C15H21ClO3/c1-4-5-6-7-8-13(17)11-9-14(18-2)15(19-3)10-12(11)16/h9-10H,4-8H2,1-3H3. The van der Waals surface area contributed by atoms with Crippen molar-refractivity contribution in [1.82, 2.24) is 0 Å². The van der Waals surface area contributed by atoms with Crippen LogP contribution in [0.4, 0.5) is 0 Å². The summed E-state index contributed by atoms with van der Waals surface area (Å²) in [6.45, 7) is 2.15. The Morgan fingerprint density at radius 1 is 1.11 bits per heavy atom. The zero-order valence-electron chi connectivity index (χ0n) is 11.8. The molecule has 3 nitrogen and oxygen atoms in total. The predicted octanol–water partition coefficient (Wildman–Crippen LogP) is 4.51. The van der Waals surface area contributed by atoms with Crippen molar-refractivity contribution in [2.24, 2.45) is 0 Å². The molecule has 0 fully saturated rings. The Morgan fingerprint density at radius 3 is 2.32 bits per heavy atom. The van der Waals surface area contributed by atoms with Gasteiger partial charge in [-0.2, -0.15) is 0 Å². The molecule has 0 aliphatic rings. The van der Waals surface area contributed by atoms with Gasteiger partial charge in [-0.25, -0.2) is 0 Å². The van der Waals surface area contributed by atoms with Crippen molar-refractivity contribution < 1.29 is 14.3 Å². The van der Waals surface area contributed by atoms with Gasteiger partial charge >= 0.3 is 0 Å². The van der Waals surface area contributed by atoms with Crippen LogP contribution < -0.4 is 9.47 Å². The lowest BCUT2D eigenvalue weighted by molar-refractivity contribution is 0.0979. The third-order valence-electron chi connectivity index (χ3n) is 3.03. The summed E-state index contributed by atoms with van der Waals surface area (Å²) >= 11 is 6.12. The van der Waals surface area contributed by atoms with E-state index in [4.69, 9.17) is 21.1 Å². The van der Waals surface area contributed by atoms with Gasteiger partial charge in [0.2, 0.25) is 0 Å². The summed E-state index contributed by atoms with van der Waals surface area (Å²) in [4.78, 5) is 12.1. The molecule has 1 rings (SSSR count). The number of unbranched alkanes of at least 4 members (excludes halogenated alkanes) is 3. The number of ether oxygens (including phenoxy) is 2. The van der Waals surface area contributed by atoms with Gasteiger partial charge in [-0.15, -0.1) is 0 Å². The Hall–Kier alpha value is -1.22. The van der Waals surface area contributed by atoms with Crippen LogP contribution in [0.2, 0.25) is 5.02 Å². The molecular formula is C15H21ClO3. The van der Waals surface area contributed by atoms with Crippen LogP contribution >= 0.6 is 11.6 Å². The third kappa shape index (κ3) is 4.43. The Kier molecular flexibility index (Phi) is 6.71. The average molecular weight is 285 g/mol. The highest BCUT2D eigenvalue weighted by Gasteiger charge is 2.15. The molecule has 0 saturated heterocycles. The monoisotopic (exact) mass is 284 g/mol. The van der Waals surface area contributed by atoms with E-state index in [1.54, 1.807) is 26.4 Å². The fourth-order valence-corrected chi connectivity index (χ4v) is 2.17. The first-order valence-corrected chi connectivity index (χ1v) is 6.96. The molecule has 0 aliphatic heterocycles. The van der Waals surface area contributed by atoms with Crippen LogP contribution in [-0.2, 0) is 0 Å². The highest BCUT2D eigenvalue weighted by molar-refractivity contribution is 6.34. The van der Waals surface area contributed by atoms with Gasteiger partial charge in [-0.3, -0.25) is 4.79 Å². The Morgan fingerprint density at radius 2 is 1.74 bits per heavy atom. The van der Waals surface area contributed by atoms with Crippen molar-refractivity contribution in [2.75, 3.05) is 14.2 Å². The van der Waals surface area contributed by atoms with Crippen LogP contribution in [0.15, 0.2) is 12.1 Å². The van der Waals surface area contributed by atoms with Gasteiger partial charge in [0.25, 0.3) is 0 Å². The number of hydrogen-bond donors (Lipinski definition) is 0. The van der Waals surface area contributed by atoms with E-state index in [1.807, 2.05) is 0 Å². The smallest absolute Gasteiger partial charge is 0.164 e. The molecule has 4 heteroatoms. The third-order valence-corrected chi connectivity index (χ3v) is 3.34. The lowest BCUT2D eigenvalue weighted by atomic mass is 10.0. The Labute approximate surface area is 119 Å². The number of ketones is 1. The maximum Gasteiger partial charge on any atom is 0.164 e. The van der Waals surface area contributed by atoms with Crippen molar-refractivity contribution in [3.8, 4) is 11.5 Å². The summed E-state index contributed by atoms with van der Waals surface area (Å²) in [5, 5.41) is 0.415. The summed E-state index contributed by atoms with van der Waals surface area (Å²) in [5.74, 6) is 1.13. The van der Waals surface area contributed by atoms with Crippen molar-refractivity contribution >= 4 is 17.4 Å². The van der Waals surface area contributed by atoms with E-state index in [2.05, 4.69) is 6.92 Å². The maximum atomic E-state index is 12.1. The maximum absolute atomic E-state index is 12.1. The van der Waals surface area contributed by atoms with Crippen molar-refractivity contribution in [2.45, 2.75) is 39.0 Å². The van der Waals surface area contributed by atoms with E-state index >= 15 is 0 Å². The highest BCUT2D eigenvalue weighted by Crippen LogP contribution is 2.33. The molecule has 0 saturated carbocycles. The summed E-state index contributed by atoms with van der Waals surface area (Å²) in [6, 6.07) is 3.28. The summed E-state index contributed by atoms with van der Waals surface area (Å²) in [7, 11) is 3.09. The van der Waals surface area contributed by atoms with Gasteiger partial charge in [-0.05, 0) is 12.5 Å². The normalized spacial score (nSPS) is 10.3. The van der Waals surface area contributed by atoms with Gasteiger partial charge in [0.1, 0.15) is 0 Å². The molecule has 0 N–H and O–H groups in total. The molecule has 0 heterocycles. The first-order chi connectivity index (χ1) is 9.13. The van der Waals surface area contributed by atoms with Crippen LogP contribution in [0, 0.1) is 0 Å². The summed E-state index contributed by atoms with van der Waals surface area (Å²) in [6.07, 6.45) is 4.82. The second-order valence-corrected chi connectivity index (χ2v) is 4.83. The molecule has 1 aromatic rings. The van der Waals surface area contributed by atoms with E-state index in [9.17, 15) is 4.79 Å². The zero-order valence-corrected chi connectivity index (χ0v) is 12.5. The van der Waals surface area contributed by atoms with E-state index < -0.39 is 0 Å². The van der Waals surface area contributed by atoms with Gasteiger partial charge in [0, 0.05) is 18.1 Å². The second kappa shape index (κ2) is 8.05. The molecule has 0 unspecified atom stereocenters. The fourth-order valence-electron chi connectivity index (χ4n) is 1.91. The topological polar surface area (TPSA) is 35.5 Å². The van der Waals surface area contributed by atoms with Crippen LogP contribution in [0.1, 0.15) is 49.4 Å². The van der Waals surface area contributed by atoms with E-state index in [-0.39, 0.29) is 5.78 Å². The molecular weight excluding hydrogens is 264 g/mol. The summed E-state index contributed by atoms with van der Waals surface area (Å²) < 4.78 is 10.3. The van der Waals surface area contributed by atoms with Gasteiger partial charge in [-0.1, -0.05) is 37.8 Å². The van der Waals surface area contributed by atoms with Crippen LogP contribution in [0.3, 0.4) is 0 Å². The minimum atomic E-state index is 0.0575. The van der Waals surface area contributed by atoms with Crippen molar-refractivity contribution in [3.63, 3.8) is 0 Å². The van der Waals surface area contributed by atoms with Gasteiger partial charge in [0.05, 0.1) is 19.2 Å². The summed E-state index contributed by atoms with van der Waals surface area (Å²) in [5.41, 5.74) is 0.510. The van der Waals surface area contributed by atoms with E-state index in [0.717, 1.165) is 25.7 Å². The molecule has 0 atom stereocenters. The molecule has 0 radical (unpaired) electrons. The van der Waals surface area contributed by atoms with E-state index in [0.29, 0.717) is 28.5 Å². The lowest BCUT2D eigenvalue weighted by Crippen LogP contribution is -2.02. The van der Waals surface area contributed by atoms with Crippen LogP contribution in [0.5, 0.6) is 11.5 Å². The zero-order chi connectivity index (χ0) is 14.3. The number of carbonyl (C=O) groups is 1. The SMILES string of the molecule is CCCCCCC(=O)c1cc(OC)c(OC)cc1Cl. The number of benzene rings is 1. The fraction of sp³-hybridized carbons (Fsp3) is 0.533. The number of rotatable bonds is 8. The van der Waals surface area contributed by atoms with Gasteiger partial charge in [0.15, 0.2) is 17.3 Å². The molecule has 0 amide bonds. The van der Waals surface area contributed by atoms with Crippen molar-refractivity contribution in [1.29, 1.82) is 0 Å². The van der Waals surface area contributed by atoms with Crippen LogP contribution in [-0.4, -0.2) is 20.0 Å². The molecule has 0 bridgehead atoms. The number of halogens is 1. The molecule has 19 heavy (non-hydrogen) atoms. The highest BCUT2D eigenvalue weighted by atomic mass is 35.5. The predicted molar refractivity (Wildman–Crippen MR) is 77.6 cm³/mol. The largest absolute Gasteiger partial charge is 0.493 e. The minimum absolute atomic E-state index is 0.0575. The van der Waals surface area contributed by atoms with Gasteiger partial charge < -0.3 is 9.47 Å². The number of carbonyl (C=O) groups excluding carboxylic acids is 1. The number of methoxy groups -OCH3 is 2. The van der Waals surface area contributed by atoms with Crippen molar-refractivity contribution in [3.05, 3.63) is 22.7 Å². The Bertz CT molecular complexity index is 430. The van der Waals surface area contributed by atoms with Crippen LogP contribution in [0.25, 0.3) is 0 Å². The first kappa shape index (κ1) is 15.8.